The standard InChI is InChI=1S/C9H9F3N2O3/c1-5(9(10,11)12)17-3-7-6(8(15)16)2-13-4-14-7/h2,4-5H,3H2,1H3,(H,15,16). The van der Waals surface area contributed by atoms with E-state index in [2.05, 4.69) is 14.7 Å². The highest BCUT2D eigenvalue weighted by Gasteiger charge is 2.37. The Hall–Kier alpha value is -1.70. The summed E-state index contributed by atoms with van der Waals surface area (Å²) in [6.45, 7) is 0.298. The van der Waals surface area contributed by atoms with E-state index in [-0.39, 0.29) is 11.3 Å². The van der Waals surface area contributed by atoms with E-state index in [9.17, 15) is 18.0 Å². The Morgan fingerprint density at radius 1 is 1.59 bits per heavy atom. The lowest BCUT2D eigenvalue weighted by Gasteiger charge is -2.16. The monoisotopic (exact) mass is 250 g/mol. The molecule has 1 atom stereocenters. The van der Waals surface area contributed by atoms with Gasteiger partial charge in [0.1, 0.15) is 11.9 Å². The maximum absolute atomic E-state index is 12.1. The molecule has 0 saturated heterocycles. The third-order valence-electron chi connectivity index (χ3n) is 1.96. The minimum Gasteiger partial charge on any atom is -0.478 e. The number of carbonyl (C=O) groups is 1. The number of aromatic carboxylic acids is 1. The molecular weight excluding hydrogens is 241 g/mol. The molecule has 1 N–H and O–H groups in total. The normalized spacial score (nSPS) is 13.4. The molecule has 94 valence electrons. The third kappa shape index (κ3) is 3.66. The first-order valence-corrected chi connectivity index (χ1v) is 4.53. The molecule has 0 aromatic carbocycles. The molecule has 8 heteroatoms. The van der Waals surface area contributed by atoms with E-state index in [0.717, 1.165) is 19.4 Å². The van der Waals surface area contributed by atoms with E-state index in [0.29, 0.717) is 0 Å². The van der Waals surface area contributed by atoms with E-state index in [1.165, 1.54) is 0 Å². The Bertz CT molecular complexity index is 409. The summed E-state index contributed by atoms with van der Waals surface area (Å²) < 4.78 is 40.9. The topological polar surface area (TPSA) is 72.3 Å². The van der Waals surface area contributed by atoms with Crippen LogP contribution in [-0.2, 0) is 11.3 Å². The molecular formula is C9H9F3N2O3. The molecule has 0 bridgehead atoms. The van der Waals surface area contributed by atoms with Gasteiger partial charge in [-0.3, -0.25) is 0 Å². The molecule has 1 unspecified atom stereocenters. The van der Waals surface area contributed by atoms with Crippen molar-refractivity contribution in [2.24, 2.45) is 0 Å². The van der Waals surface area contributed by atoms with E-state index >= 15 is 0 Å². The van der Waals surface area contributed by atoms with Crippen LogP contribution >= 0.6 is 0 Å². The second kappa shape index (κ2) is 5.09. The minimum atomic E-state index is -4.49. The van der Waals surface area contributed by atoms with E-state index in [1.54, 1.807) is 0 Å². The molecule has 5 nitrogen and oxygen atoms in total. The molecule has 0 aliphatic heterocycles. The summed E-state index contributed by atoms with van der Waals surface area (Å²) >= 11 is 0. The first kappa shape index (κ1) is 13.4. The summed E-state index contributed by atoms with van der Waals surface area (Å²) in [6, 6.07) is 0. The van der Waals surface area contributed by atoms with Crippen LogP contribution in [0.2, 0.25) is 0 Å². The van der Waals surface area contributed by atoms with Crippen molar-refractivity contribution in [1.82, 2.24) is 9.97 Å². The third-order valence-corrected chi connectivity index (χ3v) is 1.96. The predicted molar refractivity (Wildman–Crippen MR) is 49.3 cm³/mol. The van der Waals surface area contributed by atoms with Crippen LogP contribution in [0.3, 0.4) is 0 Å². The van der Waals surface area contributed by atoms with Gasteiger partial charge in [0.15, 0.2) is 6.10 Å². The fourth-order valence-corrected chi connectivity index (χ4v) is 0.947. The number of halogens is 3. The summed E-state index contributed by atoms with van der Waals surface area (Å²) in [6.07, 6.45) is -4.43. The molecule has 17 heavy (non-hydrogen) atoms. The number of carboxylic acid groups (broad SMARTS) is 1. The SMILES string of the molecule is CC(OCc1ncncc1C(=O)O)C(F)(F)F. The molecule has 0 fully saturated rings. The molecule has 0 spiro atoms. The lowest BCUT2D eigenvalue weighted by molar-refractivity contribution is -0.217. The lowest BCUT2D eigenvalue weighted by atomic mass is 10.2. The highest BCUT2D eigenvalue weighted by Crippen LogP contribution is 2.23. The van der Waals surface area contributed by atoms with Crippen LogP contribution < -0.4 is 0 Å². The number of hydrogen-bond donors (Lipinski definition) is 1. The Labute approximate surface area is 94.3 Å². The summed E-state index contributed by atoms with van der Waals surface area (Å²) in [5.74, 6) is -1.32. The van der Waals surface area contributed by atoms with E-state index in [1.807, 2.05) is 0 Å². The van der Waals surface area contributed by atoms with Crippen LogP contribution in [0.4, 0.5) is 13.2 Å². The van der Waals surface area contributed by atoms with Crippen molar-refractivity contribution >= 4 is 5.97 Å². The lowest BCUT2D eigenvalue weighted by Crippen LogP contribution is -2.28. The highest BCUT2D eigenvalue weighted by molar-refractivity contribution is 5.88. The van der Waals surface area contributed by atoms with Gasteiger partial charge >= 0.3 is 12.1 Å². The molecule has 1 rings (SSSR count). The van der Waals surface area contributed by atoms with Crippen LogP contribution in [0.15, 0.2) is 12.5 Å². The molecule has 0 aliphatic carbocycles. The summed E-state index contributed by atoms with van der Waals surface area (Å²) in [5, 5.41) is 8.73. The van der Waals surface area contributed by atoms with Gasteiger partial charge in [-0.1, -0.05) is 0 Å². The molecule has 1 aromatic heterocycles. The van der Waals surface area contributed by atoms with Crippen LogP contribution in [-0.4, -0.2) is 33.3 Å². The first-order chi connectivity index (χ1) is 7.82. The van der Waals surface area contributed by atoms with Gasteiger partial charge in [0.05, 0.1) is 12.3 Å². The van der Waals surface area contributed by atoms with Crippen molar-refractivity contribution in [2.75, 3.05) is 0 Å². The highest BCUT2D eigenvalue weighted by atomic mass is 19.4. The molecule has 0 aliphatic rings. The second-order valence-electron chi connectivity index (χ2n) is 3.18. The Kier molecular flexibility index (Phi) is 4.00. The Balaban J connectivity index is 2.73. The van der Waals surface area contributed by atoms with Gasteiger partial charge in [0.2, 0.25) is 0 Å². The number of aromatic nitrogens is 2. The fraction of sp³-hybridized carbons (Fsp3) is 0.444. The molecule has 0 saturated carbocycles. The van der Waals surface area contributed by atoms with Gasteiger partial charge in [-0.15, -0.1) is 0 Å². The number of alkyl halides is 3. The molecule has 1 heterocycles. The van der Waals surface area contributed by atoms with Crippen LogP contribution in [0.1, 0.15) is 23.0 Å². The van der Waals surface area contributed by atoms with Gasteiger partial charge < -0.3 is 9.84 Å². The van der Waals surface area contributed by atoms with Crippen molar-refractivity contribution in [3.63, 3.8) is 0 Å². The maximum Gasteiger partial charge on any atom is 0.414 e. The summed E-state index contributed by atoms with van der Waals surface area (Å²) in [4.78, 5) is 17.7. The number of nitrogens with zero attached hydrogens (tertiary/aromatic N) is 2. The van der Waals surface area contributed by atoms with Crippen molar-refractivity contribution in [3.8, 4) is 0 Å². The summed E-state index contributed by atoms with van der Waals surface area (Å²) in [7, 11) is 0. The molecule has 0 radical (unpaired) electrons. The fourth-order valence-electron chi connectivity index (χ4n) is 0.947. The van der Waals surface area contributed by atoms with Crippen LogP contribution in [0, 0.1) is 0 Å². The molecule has 0 amide bonds. The predicted octanol–water partition coefficient (Wildman–Crippen LogP) is 1.64. The smallest absolute Gasteiger partial charge is 0.414 e. The first-order valence-electron chi connectivity index (χ1n) is 4.53. The van der Waals surface area contributed by atoms with Gasteiger partial charge in [0.25, 0.3) is 0 Å². The number of ether oxygens (including phenoxy) is 1. The summed E-state index contributed by atoms with van der Waals surface area (Å²) in [5.41, 5.74) is -0.370. The van der Waals surface area contributed by atoms with Crippen molar-refractivity contribution in [1.29, 1.82) is 0 Å². The zero-order valence-corrected chi connectivity index (χ0v) is 8.73. The van der Waals surface area contributed by atoms with Crippen molar-refractivity contribution in [3.05, 3.63) is 23.8 Å². The Morgan fingerprint density at radius 2 is 2.24 bits per heavy atom. The second-order valence-corrected chi connectivity index (χ2v) is 3.18. The van der Waals surface area contributed by atoms with Gasteiger partial charge in [-0.25, -0.2) is 14.8 Å². The average molecular weight is 250 g/mol. The zero-order valence-electron chi connectivity index (χ0n) is 8.73. The van der Waals surface area contributed by atoms with Crippen molar-refractivity contribution in [2.45, 2.75) is 25.8 Å². The number of rotatable bonds is 4. The average Bonchev–Trinajstić information content (AvgIpc) is 2.24. The van der Waals surface area contributed by atoms with Crippen LogP contribution in [0.5, 0.6) is 0 Å². The molecule has 1 aromatic rings. The van der Waals surface area contributed by atoms with E-state index in [4.69, 9.17) is 5.11 Å². The largest absolute Gasteiger partial charge is 0.478 e. The van der Waals surface area contributed by atoms with Crippen LogP contribution in [0.25, 0.3) is 0 Å². The maximum atomic E-state index is 12.1. The number of hydrogen-bond acceptors (Lipinski definition) is 4. The zero-order chi connectivity index (χ0) is 13.1. The quantitative estimate of drug-likeness (QED) is 0.879. The minimum absolute atomic E-state index is 0.0939. The van der Waals surface area contributed by atoms with E-state index < -0.39 is 24.9 Å². The van der Waals surface area contributed by atoms with Crippen molar-refractivity contribution < 1.29 is 27.8 Å². The Morgan fingerprint density at radius 3 is 2.76 bits per heavy atom. The number of carboxylic acids is 1. The van der Waals surface area contributed by atoms with Gasteiger partial charge in [0, 0.05) is 6.20 Å². The van der Waals surface area contributed by atoms with Gasteiger partial charge in [-0.05, 0) is 6.92 Å². The van der Waals surface area contributed by atoms with Gasteiger partial charge in [-0.2, -0.15) is 13.2 Å².